The van der Waals surface area contributed by atoms with Crippen molar-refractivity contribution >= 4 is 16.7 Å². The van der Waals surface area contributed by atoms with Crippen molar-refractivity contribution in [2.24, 2.45) is 0 Å². The molecule has 0 radical (unpaired) electrons. The second kappa shape index (κ2) is 7.61. The quantitative estimate of drug-likeness (QED) is 0.871. The predicted molar refractivity (Wildman–Crippen MR) is 97.0 cm³/mol. The van der Waals surface area contributed by atoms with Crippen molar-refractivity contribution in [3.63, 3.8) is 0 Å². The van der Waals surface area contributed by atoms with Crippen LogP contribution in [-0.4, -0.2) is 46.4 Å². The highest BCUT2D eigenvalue weighted by Gasteiger charge is 2.19. The molecule has 6 heteroatoms. The van der Waals surface area contributed by atoms with Crippen LogP contribution in [0.5, 0.6) is 17.2 Å². The Morgan fingerprint density at radius 2 is 1.76 bits per heavy atom. The van der Waals surface area contributed by atoms with Gasteiger partial charge in [-0.2, -0.15) is 0 Å². The Kier molecular flexibility index (Phi) is 5.28. The maximum Gasteiger partial charge on any atom is 0.251 e. The second-order valence-corrected chi connectivity index (χ2v) is 6.08. The third-order valence-electron chi connectivity index (χ3n) is 4.58. The van der Waals surface area contributed by atoms with Gasteiger partial charge in [0, 0.05) is 17.0 Å². The number of carbonyl (C=O) groups excluding carboxylic acids is 1. The number of rotatable bonds is 5. The molecule has 1 aliphatic rings. The Bertz CT molecular complexity index is 770. The molecular formula is C19H24N2O4. The molecule has 1 heterocycles. The smallest absolute Gasteiger partial charge is 0.251 e. The van der Waals surface area contributed by atoms with Gasteiger partial charge in [0.25, 0.3) is 5.91 Å². The van der Waals surface area contributed by atoms with Crippen LogP contribution in [0.1, 0.15) is 23.2 Å². The van der Waals surface area contributed by atoms with Crippen molar-refractivity contribution in [2.75, 3.05) is 34.4 Å². The average Bonchev–Trinajstić information content (AvgIpc) is 2.66. The topological polar surface area (TPSA) is 68.8 Å². The van der Waals surface area contributed by atoms with Crippen molar-refractivity contribution in [2.45, 2.75) is 18.9 Å². The first-order chi connectivity index (χ1) is 12.2. The molecule has 0 aliphatic carbocycles. The molecule has 134 valence electrons. The summed E-state index contributed by atoms with van der Waals surface area (Å²) in [6, 6.07) is 7.64. The Balaban J connectivity index is 1.94. The van der Waals surface area contributed by atoms with Gasteiger partial charge in [0.05, 0.1) is 21.3 Å². The first-order valence-electron chi connectivity index (χ1n) is 8.42. The van der Waals surface area contributed by atoms with Gasteiger partial charge in [-0.15, -0.1) is 0 Å². The van der Waals surface area contributed by atoms with Crippen molar-refractivity contribution in [1.82, 2.24) is 10.6 Å². The van der Waals surface area contributed by atoms with Crippen LogP contribution < -0.4 is 24.8 Å². The highest BCUT2D eigenvalue weighted by molar-refractivity contribution is 6.01. The summed E-state index contributed by atoms with van der Waals surface area (Å²) >= 11 is 0. The van der Waals surface area contributed by atoms with E-state index >= 15 is 0 Å². The minimum Gasteiger partial charge on any atom is -0.493 e. The fraction of sp³-hybridized carbons (Fsp3) is 0.421. The molecule has 6 nitrogen and oxygen atoms in total. The van der Waals surface area contributed by atoms with Crippen LogP contribution in [0.4, 0.5) is 0 Å². The second-order valence-electron chi connectivity index (χ2n) is 6.08. The molecule has 0 bridgehead atoms. The number of benzene rings is 2. The van der Waals surface area contributed by atoms with Crippen LogP contribution in [0.25, 0.3) is 10.8 Å². The number of amides is 1. The number of piperidine rings is 1. The number of methoxy groups -OCH3 is 3. The first kappa shape index (κ1) is 17.4. The van der Waals surface area contributed by atoms with Crippen LogP contribution in [0, 0.1) is 0 Å². The molecule has 25 heavy (non-hydrogen) atoms. The van der Waals surface area contributed by atoms with Gasteiger partial charge in [-0.05, 0) is 55.6 Å². The monoisotopic (exact) mass is 344 g/mol. The lowest BCUT2D eigenvalue weighted by Gasteiger charge is -2.23. The van der Waals surface area contributed by atoms with E-state index in [2.05, 4.69) is 10.6 Å². The van der Waals surface area contributed by atoms with Gasteiger partial charge < -0.3 is 24.8 Å². The zero-order valence-corrected chi connectivity index (χ0v) is 14.8. The largest absolute Gasteiger partial charge is 0.493 e. The molecule has 0 aromatic heterocycles. The number of nitrogens with one attached hydrogen (secondary N) is 2. The highest BCUT2D eigenvalue weighted by Crippen LogP contribution is 2.43. The summed E-state index contributed by atoms with van der Waals surface area (Å²) in [4.78, 5) is 12.6. The average molecular weight is 344 g/mol. The molecule has 2 aromatic carbocycles. The van der Waals surface area contributed by atoms with E-state index in [0.29, 0.717) is 22.8 Å². The Morgan fingerprint density at radius 3 is 2.40 bits per heavy atom. The summed E-state index contributed by atoms with van der Waals surface area (Å²) in [5.74, 6) is 1.66. The predicted octanol–water partition coefficient (Wildman–Crippen LogP) is 2.35. The zero-order valence-electron chi connectivity index (χ0n) is 14.8. The van der Waals surface area contributed by atoms with Crippen LogP contribution in [0.2, 0.25) is 0 Å². The maximum absolute atomic E-state index is 12.6. The van der Waals surface area contributed by atoms with E-state index in [4.69, 9.17) is 14.2 Å². The molecule has 0 spiro atoms. The van der Waals surface area contributed by atoms with E-state index in [1.165, 1.54) is 0 Å². The zero-order chi connectivity index (χ0) is 17.8. The number of carbonyl (C=O) groups is 1. The standard InChI is InChI=1S/C19H24N2O4/c1-23-16-11-13-10-12(19(22)21-14-6-8-20-9-7-14)4-5-15(13)17(24-2)18(16)25-3/h4-5,10-11,14,20H,6-9H2,1-3H3,(H,21,22). The summed E-state index contributed by atoms with van der Waals surface area (Å²) in [5.41, 5.74) is 0.625. The number of fused-ring (bicyclic) bond motifs is 1. The van der Waals surface area contributed by atoms with E-state index in [1.807, 2.05) is 24.3 Å². The molecule has 1 saturated heterocycles. The maximum atomic E-state index is 12.6. The van der Waals surface area contributed by atoms with Gasteiger partial charge in [-0.25, -0.2) is 0 Å². The fourth-order valence-corrected chi connectivity index (χ4v) is 3.25. The summed E-state index contributed by atoms with van der Waals surface area (Å²) in [6.07, 6.45) is 1.91. The highest BCUT2D eigenvalue weighted by atomic mass is 16.5. The third kappa shape index (κ3) is 3.49. The summed E-state index contributed by atoms with van der Waals surface area (Å²) < 4.78 is 16.3. The van der Waals surface area contributed by atoms with Gasteiger partial charge in [0.1, 0.15) is 0 Å². The molecule has 1 amide bonds. The third-order valence-corrected chi connectivity index (χ3v) is 4.58. The van der Waals surface area contributed by atoms with Crippen molar-refractivity contribution in [3.8, 4) is 17.2 Å². The summed E-state index contributed by atoms with van der Waals surface area (Å²) in [7, 11) is 4.75. The molecule has 0 unspecified atom stereocenters. The lowest BCUT2D eigenvalue weighted by Crippen LogP contribution is -2.42. The fourth-order valence-electron chi connectivity index (χ4n) is 3.25. The number of ether oxygens (including phenoxy) is 3. The minimum absolute atomic E-state index is 0.0532. The molecule has 1 aliphatic heterocycles. The molecule has 1 fully saturated rings. The van der Waals surface area contributed by atoms with Crippen LogP contribution in [-0.2, 0) is 0 Å². The molecule has 3 rings (SSSR count). The van der Waals surface area contributed by atoms with Crippen LogP contribution >= 0.6 is 0 Å². The number of hydrogen-bond donors (Lipinski definition) is 2. The van der Waals surface area contributed by atoms with Crippen LogP contribution in [0.3, 0.4) is 0 Å². The first-order valence-corrected chi connectivity index (χ1v) is 8.42. The molecule has 0 atom stereocenters. The SMILES string of the molecule is COc1cc2cc(C(=O)NC3CCNCC3)ccc2c(OC)c1OC. The van der Waals surface area contributed by atoms with E-state index in [9.17, 15) is 4.79 Å². The van der Waals surface area contributed by atoms with E-state index in [-0.39, 0.29) is 11.9 Å². The van der Waals surface area contributed by atoms with Crippen molar-refractivity contribution in [1.29, 1.82) is 0 Å². The molecular weight excluding hydrogens is 320 g/mol. The lowest BCUT2D eigenvalue weighted by atomic mass is 10.0. The van der Waals surface area contributed by atoms with E-state index < -0.39 is 0 Å². The van der Waals surface area contributed by atoms with Gasteiger partial charge in [0.2, 0.25) is 5.75 Å². The van der Waals surface area contributed by atoms with Crippen molar-refractivity contribution in [3.05, 3.63) is 29.8 Å². The van der Waals surface area contributed by atoms with Gasteiger partial charge in [-0.1, -0.05) is 0 Å². The van der Waals surface area contributed by atoms with Gasteiger partial charge >= 0.3 is 0 Å². The normalized spacial score (nSPS) is 15.0. The van der Waals surface area contributed by atoms with Crippen LogP contribution in [0.15, 0.2) is 24.3 Å². The summed E-state index contributed by atoms with van der Waals surface area (Å²) in [5, 5.41) is 8.15. The Labute approximate surface area is 147 Å². The van der Waals surface area contributed by atoms with Crippen molar-refractivity contribution < 1.29 is 19.0 Å². The van der Waals surface area contributed by atoms with Gasteiger partial charge in [0.15, 0.2) is 11.5 Å². The number of hydrogen-bond acceptors (Lipinski definition) is 5. The van der Waals surface area contributed by atoms with E-state index in [1.54, 1.807) is 21.3 Å². The Hall–Kier alpha value is -2.47. The van der Waals surface area contributed by atoms with Gasteiger partial charge in [-0.3, -0.25) is 4.79 Å². The van der Waals surface area contributed by atoms with E-state index in [0.717, 1.165) is 36.7 Å². The summed E-state index contributed by atoms with van der Waals surface area (Å²) in [6.45, 7) is 1.88. The minimum atomic E-state index is -0.0532. The molecule has 2 N–H and O–H groups in total. The Morgan fingerprint density at radius 1 is 1.04 bits per heavy atom. The molecule has 2 aromatic rings. The molecule has 0 saturated carbocycles. The lowest BCUT2D eigenvalue weighted by molar-refractivity contribution is 0.0929.